The summed E-state index contributed by atoms with van der Waals surface area (Å²) in [7, 11) is 2.01. The van der Waals surface area contributed by atoms with E-state index in [1.54, 1.807) is 0 Å². The molecule has 2 aromatic rings. The van der Waals surface area contributed by atoms with Gasteiger partial charge >= 0.3 is 0 Å². The predicted octanol–water partition coefficient (Wildman–Crippen LogP) is 1.92. The van der Waals surface area contributed by atoms with Crippen LogP contribution in [0.15, 0.2) is 12.4 Å². The third-order valence-electron chi connectivity index (χ3n) is 2.86. The van der Waals surface area contributed by atoms with Crippen molar-refractivity contribution in [3.8, 4) is 0 Å². The lowest BCUT2D eigenvalue weighted by Crippen LogP contribution is -2.25. The molecule has 1 atom stereocenters. The van der Waals surface area contributed by atoms with Crippen molar-refractivity contribution in [1.82, 2.24) is 24.5 Å². The van der Waals surface area contributed by atoms with E-state index < -0.39 is 0 Å². The molecule has 2 aromatic heterocycles. The minimum absolute atomic E-state index is 0.0940. The van der Waals surface area contributed by atoms with Gasteiger partial charge in [-0.2, -0.15) is 0 Å². The Bertz CT molecular complexity index is 490. The van der Waals surface area contributed by atoms with Crippen molar-refractivity contribution in [3.63, 3.8) is 0 Å². The molecule has 0 fully saturated rings. The molecule has 0 spiro atoms. The van der Waals surface area contributed by atoms with Gasteiger partial charge in [-0.25, -0.2) is 4.98 Å². The lowest BCUT2D eigenvalue weighted by Gasteiger charge is -2.16. The van der Waals surface area contributed by atoms with Gasteiger partial charge in [0, 0.05) is 19.4 Å². The van der Waals surface area contributed by atoms with Crippen LogP contribution in [0.1, 0.15) is 42.7 Å². The molecule has 2 heterocycles. The van der Waals surface area contributed by atoms with E-state index in [1.165, 1.54) is 16.4 Å². The van der Waals surface area contributed by atoms with Gasteiger partial charge in [0.1, 0.15) is 11.9 Å². The zero-order chi connectivity index (χ0) is 13.0. The molecule has 1 N–H and O–H groups in total. The third kappa shape index (κ3) is 2.59. The molecule has 98 valence electrons. The number of rotatable bonds is 6. The first-order valence-corrected chi connectivity index (χ1v) is 7.07. The second-order valence-electron chi connectivity index (χ2n) is 4.22. The van der Waals surface area contributed by atoms with Gasteiger partial charge in [0.15, 0.2) is 0 Å². The quantitative estimate of drug-likeness (QED) is 0.867. The highest BCUT2D eigenvalue weighted by Crippen LogP contribution is 2.26. The van der Waals surface area contributed by atoms with Crippen molar-refractivity contribution in [2.75, 3.05) is 6.54 Å². The van der Waals surface area contributed by atoms with Crippen LogP contribution in [0.4, 0.5) is 0 Å². The van der Waals surface area contributed by atoms with Crippen molar-refractivity contribution >= 4 is 11.5 Å². The van der Waals surface area contributed by atoms with E-state index >= 15 is 0 Å². The molecule has 0 aliphatic heterocycles. The lowest BCUT2D eigenvalue weighted by molar-refractivity contribution is 0.578. The summed E-state index contributed by atoms with van der Waals surface area (Å²) >= 11 is 1.47. The summed E-state index contributed by atoms with van der Waals surface area (Å²) in [5.74, 6) is 1.01. The first-order valence-electron chi connectivity index (χ1n) is 6.29. The van der Waals surface area contributed by atoms with Crippen molar-refractivity contribution in [2.45, 2.75) is 32.7 Å². The Labute approximate surface area is 111 Å². The number of imidazole rings is 1. The first kappa shape index (κ1) is 13.2. The summed E-state index contributed by atoms with van der Waals surface area (Å²) < 4.78 is 6.14. The van der Waals surface area contributed by atoms with E-state index in [0.29, 0.717) is 0 Å². The van der Waals surface area contributed by atoms with Crippen LogP contribution in [0.3, 0.4) is 0 Å². The summed E-state index contributed by atoms with van der Waals surface area (Å²) in [6.07, 6.45) is 5.84. The summed E-state index contributed by atoms with van der Waals surface area (Å²) in [5.41, 5.74) is 1.09. The first-order chi connectivity index (χ1) is 8.77. The molecule has 6 heteroatoms. The van der Waals surface area contributed by atoms with Crippen LogP contribution >= 0.6 is 11.5 Å². The van der Waals surface area contributed by atoms with Gasteiger partial charge in [0.25, 0.3) is 0 Å². The molecule has 0 aliphatic rings. The lowest BCUT2D eigenvalue weighted by atomic mass is 10.1. The summed E-state index contributed by atoms with van der Waals surface area (Å²) in [6.45, 7) is 5.15. The Morgan fingerprint density at radius 2 is 2.28 bits per heavy atom. The second-order valence-corrected chi connectivity index (χ2v) is 5.01. The van der Waals surface area contributed by atoms with E-state index in [-0.39, 0.29) is 6.04 Å². The SMILES string of the molecule is CCCc1nnsc1C(NCC)c1nccn1C. The van der Waals surface area contributed by atoms with Crippen LogP contribution in [0.25, 0.3) is 0 Å². The highest BCUT2D eigenvalue weighted by molar-refractivity contribution is 7.05. The monoisotopic (exact) mass is 265 g/mol. The molecule has 0 saturated carbocycles. The molecule has 2 rings (SSSR count). The minimum Gasteiger partial charge on any atom is -0.336 e. The topological polar surface area (TPSA) is 55.6 Å². The molecule has 0 radical (unpaired) electrons. The fourth-order valence-electron chi connectivity index (χ4n) is 2.01. The van der Waals surface area contributed by atoms with Gasteiger partial charge < -0.3 is 9.88 Å². The maximum absolute atomic E-state index is 4.44. The Balaban J connectivity index is 2.35. The normalized spacial score (nSPS) is 12.8. The maximum Gasteiger partial charge on any atom is 0.131 e. The van der Waals surface area contributed by atoms with Crippen LogP contribution in [-0.2, 0) is 13.5 Å². The Morgan fingerprint density at radius 3 is 2.89 bits per heavy atom. The van der Waals surface area contributed by atoms with Crippen LogP contribution in [-0.4, -0.2) is 25.7 Å². The van der Waals surface area contributed by atoms with Gasteiger partial charge in [-0.05, 0) is 24.5 Å². The molecule has 0 bridgehead atoms. The molecule has 0 saturated heterocycles. The summed E-state index contributed by atoms with van der Waals surface area (Å²) in [5, 5.41) is 7.71. The van der Waals surface area contributed by atoms with Crippen LogP contribution in [0.5, 0.6) is 0 Å². The van der Waals surface area contributed by atoms with Crippen molar-refractivity contribution in [2.24, 2.45) is 7.05 Å². The highest BCUT2D eigenvalue weighted by atomic mass is 32.1. The molecular weight excluding hydrogens is 246 g/mol. The van der Waals surface area contributed by atoms with E-state index in [0.717, 1.165) is 30.9 Å². The van der Waals surface area contributed by atoms with E-state index in [1.807, 2.05) is 24.0 Å². The summed E-state index contributed by atoms with van der Waals surface area (Å²) in [4.78, 5) is 5.63. The maximum atomic E-state index is 4.44. The fraction of sp³-hybridized carbons (Fsp3) is 0.583. The number of hydrogen-bond donors (Lipinski definition) is 1. The Kier molecular flexibility index (Phi) is 4.43. The van der Waals surface area contributed by atoms with Crippen molar-refractivity contribution in [3.05, 3.63) is 28.8 Å². The van der Waals surface area contributed by atoms with E-state index in [4.69, 9.17) is 0 Å². The average molecular weight is 265 g/mol. The van der Waals surface area contributed by atoms with Crippen molar-refractivity contribution in [1.29, 1.82) is 0 Å². The van der Waals surface area contributed by atoms with Crippen molar-refractivity contribution < 1.29 is 0 Å². The van der Waals surface area contributed by atoms with Gasteiger partial charge in [0.05, 0.1) is 10.6 Å². The Morgan fingerprint density at radius 1 is 1.44 bits per heavy atom. The molecule has 1 unspecified atom stereocenters. The molecule has 18 heavy (non-hydrogen) atoms. The van der Waals surface area contributed by atoms with E-state index in [9.17, 15) is 0 Å². The minimum atomic E-state index is 0.0940. The summed E-state index contributed by atoms with van der Waals surface area (Å²) in [6, 6.07) is 0.0940. The second kappa shape index (κ2) is 6.06. The smallest absolute Gasteiger partial charge is 0.131 e. The number of nitrogens with zero attached hydrogens (tertiary/aromatic N) is 4. The standard InChI is InChI=1S/C12H19N5S/c1-4-6-9-11(18-16-15-9)10(13-5-2)12-14-7-8-17(12)3/h7-8,10,13H,4-6H2,1-3H3. The van der Waals surface area contributed by atoms with Gasteiger partial charge in [0.2, 0.25) is 0 Å². The fourth-order valence-corrected chi connectivity index (χ4v) is 2.78. The third-order valence-corrected chi connectivity index (χ3v) is 3.69. The van der Waals surface area contributed by atoms with Crippen LogP contribution < -0.4 is 5.32 Å². The van der Waals surface area contributed by atoms with E-state index in [2.05, 4.69) is 33.7 Å². The van der Waals surface area contributed by atoms with Gasteiger partial charge in [-0.15, -0.1) is 5.10 Å². The number of aryl methyl sites for hydroxylation is 2. The molecule has 0 aliphatic carbocycles. The largest absolute Gasteiger partial charge is 0.336 e. The molecular formula is C12H19N5S. The zero-order valence-electron chi connectivity index (χ0n) is 11.1. The predicted molar refractivity (Wildman–Crippen MR) is 72.6 cm³/mol. The molecule has 0 aromatic carbocycles. The average Bonchev–Trinajstić information content (AvgIpc) is 2.96. The number of hydrogen-bond acceptors (Lipinski definition) is 5. The van der Waals surface area contributed by atoms with Gasteiger partial charge in [-0.3, -0.25) is 0 Å². The van der Waals surface area contributed by atoms with Crippen LogP contribution in [0, 0.1) is 0 Å². The number of nitrogens with one attached hydrogen (secondary N) is 1. The Hall–Kier alpha value is -1.27. The highest BCUT2D eigenvalue weighted by Gasteiger charge is 2.23. The van der Waals surface area contributed by atoms with Gasteiger partial charge in [-0.1, -0.05) is 24.8 Å². The number of aromatic nitrogens is 4. The molecule has 0 amide bonds. The zero-order valence-corrected chi connectivity index (χ0v) is 11.9. The molecule has 5 nitrogen and oxygen atoms in total. The van der Waals surface area contributed by atoms with Crippen LogP contribution in [0.2, 0.25) is 0 Å².